The molecule has 0 aromatic carbocycles. The first-order chi connectivity index (χ1) is 9.23. The van der Waals surface area contributed by atoms with E-state index in [2.05, 4.69) is 11.9 Å². The highest BCUT2D eigenvalue weighted by Gasteiger charge is 2.20. The topological polar surface area (TPSA) is 93.9 Å². The summed E-state index contributed by atoms with van der Waals surface area (Å²) in [6.07, 6.45) is -0.379. The van der Waals surface area contributed by atoms with Crippen LogP contribution in [0.2, 0.25) is 0 Å². The van der Waals surface area contributed by atoms with Gasteiger partial charge in [0.15, 0.2) is 0 Å². The van der Waals surface area contributed by atoms with Crippen molar-refractivity contribution in [2.24, 2.45) is 5.73 Å². The van der Waals surface area contributed by atoms with E-state index in [4.69, 9.17) is 15.2 Å². The zero-order valence-corrected chi connectivity index (χ0v) is 12.6. The predicted octanol–water partition coefficient (Wildman–Crippen LogP) is -0.527. The van der Waals surface area contributed by atoms with Crippen LogP contribution in [0.5, 0.6) is 0 Å². The second kappa shape index (κ2) is 9.46. The van der Waals surface area contributed by atoms with Gasteiger partial charge < -0.3 is 20.1 Å². The van der Waals surface area contributed by atoms with E-state index in [1.165, 1.54) is 6.92 Å². The van der Waals surface area contributed by atoms with Crippen molar-refractivity contribution < 1.29 is 19.1 Å². The summed E-state index contributed by atoms with van der Waals surface area (Å²) in [5.74, 6) is -1.16. The maximum Gasteiger partial charge on any atom is 0.333 e. The van der Waals surface area contributed by atoms with Gasteiger partial charge in [-0.05, 0) is 27.9 Å². The normalized spacial score (nSPS) is 13.8. The maximum absolute atomic E-state index is 11.3. The molecule has 0 radical (unpaired) electrons. The molecule has 0 fully saturated rings. The number of hydrogen-bond acceptors (Lipinski definition) is 6. The smallest absolute Gasteiger partial charge is 0.333 e. The van der Waals surface area contributed by atoms with Crippen LogP contribution in [-0.2, 0) is 19.1 Å². The van der Waals surface area contributed by atoms with Crippen molar-refractivity contribution in [3.8, 4) is 0 Å². The van der Waals surface area contributed by atoms with E-state index in [0.717, 1.165) is 6.54 Å². The Morgan fingerprint density at radius 2 is 2.00 bits per heavy atom. The Labute approximate surface area is 120 Å². The molecule has 2 atom stereocenters. The zero-order chi connectivity index (χ0) is 15.7. The van der Waals surface area contributed by atoms with Crippen molar-refractivity contribution in [2.45, 2.75) is 26.1 Å². The van der Waals surface area contributed by atoms with Gasteiger partial charge in [0.1, 0.15) is 18.9 Å². The van der Waals surface area contributed by atoms with Gasteiger partial charge in [-0.15, -0.1) is 0 Å². The molecule has 0 aromatic heterocycles. The van der Waals surface area contributed by atoms with E-state index in [0.29, 0.717) is 6.61 Å². The molecule has 0 bridgehead atoms. The number of nitrogens with zero attached hydrogens (tertiary/aromatic N) is 1. The van der Waals surface area contributed by atoms with Crippen LogP contribution >= 0.6 is 0 Å². The number of nitrogens with one attached hydrogen (secondary N) is 1. The second-order valence-electron chi connectivity index (χ2n) is 4.82. The molecule has 3 N–H and O–H groups in total. The van der Waals surface area contributed by atoms with Crippen molar-refractivity contribution >= 4 is 11.9 Å². The number of primary amides is 1. The number of rotatable bonds is 10. The van der Waals surface area contributed by atoms with Crippen LogP contribution in [-0.4, -0.2) is 62.9 Å². The predicted molar refractivity (Wildman–Crippen MR) is 75.9 cm³/mol. The van der Waals surface area contributed by atoms with Crippen LogP contribution in [0, 0.1) is 0 Å². The van der Waals surface area contributed by atoms with Gasteiger partial charge in [0.2, 0.25) is 5.91 Å². The Kier molecular flexibility index (Phi) is 8.78. The van der Waals surface area contributed by atoms with Crippen molar-refractivity contribution in [3.05, 3.63) is 12.2 Å². The Balaban J connectivity index is 4.16. The van der Waals surface area contributed by atoms with Crippen LogP contribution < -0.4 is 11.1 Å². The van der Waals surface area contributed by atoms with Crippen LogP contribution in [0.4, 0.5) is 0 Å². The second-order valence-corrected chi connectivity index (χ2v) is 4.82. The lowest BCUT2D eigenvalue weighted by Gasteiger charge is -2.21. The monoisotopic (exact) mass is 287 g/mol. The molecule has 20 heavy (non-hydrogen) atoms. The minimum Gasteiger partial charge on any atom is -0.460 e. The number of ether oxygens (including phenoxy) is 2. The Bertz CT molecular complexity index is 345. The van der Waals surface area contributed by atoms with Gasteiger partial charge in [-0.1, -0.05) is 6.58 Å². The Morgan fingerprint density at radius 3 is 2.45 bits per heavy atom. The van der Waals surface area contributed by atoms with Gasteiger partial charge in [-0.3, -0.25) is 10.1 Å². The van der Waals surface area contributed by atoms with Gasteiger partial charge in [-0.2, -0.15) is 0 Å². The largest absolute Gasteiger partial charge is 0.460 e. The van der Waals surface area contributed by atoms with Crippen molar-refractivity contribution in [2.75, 3.05) is 33.9 Å². The number of amides is 1. The lowest BCUT2D eigenvalue weighted by atomic mass is 10.3. The standard InChI is InChI=1S/C13H25N3O4/c1-9(2)13(18)20-8-11(12(14)17)15-10(3)19-7-6-16(4)5/h10-11,15H,1,6-8H2,2-5H3,(H2,14,17). The van der Waals surface area contributed by atoms with Crippen molar-refractivity contribution in [1.82, 2.24) is 10.2 Å². The highest BCUT2D eigenvalue weighted by atomic mass is 16.5. The third-order valence-electron chi connectivity index (χ3n) is 2.42. The maximum atomic E-state index is 11.3. The van der Waals surface area contributed by atoms with Crippen molar-refractivity contribution in [1.29, 1.82) is 0 Å². The fourth-order valence-corrected chi connectivity index (χ4v) is 1.24. The molecule has 0 saturated heterocycles. The quantitative estimate of drug-likeness (QED) is 0.319. The Hall–Kier alpha value is -1.44. The van der Waals surface area contributed by atoms with Gasteiger partial charge >= 0.3 is 5.97 Å². The third kappa shape index (κ3) is 8.63. The summed E-state index contributed by atoms with van der Waals surface area (Å²) in [4.78, 5) is 24.5. The molecule has 116 valence electrons. The summed E-state index contributed by atoms with van der Waals surface area (Å²) in [6.45, 7) is 7.86. The van der Waals surface area contributed by atoms with Crippen LogP contribution in [0.3, 0.4) is 0 Å². The van der Waals surface area contributed by atoms with Gasteiger partial charge in [-0.25, -0.2) is 4.79 Å². The molecule has 0 aromatic rings. The first kappa shape index (κ1) is 18.6. The number of nitrogens with two attached hydrogens (primary N) is 1. The van der Waals surface area contributed by atoms with Crippen LogP contribution in [0.15, 0.2) is 12.2 Å². The minimum atomic E-state index is -0.798. The molecular weight excluding hydrogens is 262 g/mol. The van der Waals surface area contributed by atoms with E-state index in [1.807, 2.05) is 19.0 Å². The Morgan fingerprint density at radius 1 is 1.40 bits per heavy atom. The number of esters is 1. The fraction of sp³-hybridized carbons (Fsp3) is 0.692. The van der Waals surface area contributed by atoms with Gasteiger partial charge in [0.05, 0.1) is 6.61 Å². The third-order valence-corrected chi connectivity index (χ3v) is 2.42. The molecule has 0 saturated carbocycles. The summed E-state index contributed by atoms with van der Waals surface area (Å²) in [7, 11) is 3.87. The van der Waals surface area contributed by atoms with E-state index < -0.39 is 17.9 Å². The molecule has 0 aliphatic carbocycles. The fourth-order valence-electron chi connectivity index (χ4n) is 1.24. The summed E-state index contributed by atoms with van der Waals surface area (Å²) in [5, 5.41) is 2.86. The highest BCUT2D eigenvalue weighted by molar-refractivity contribution is 5.87. The number of carbonyl (C=O) groups excluding carboxylic acids is 2. The van der Waals surface area contributed by atoms with Crippen molar-refractivity contribution in [3.63, 3.8) is 0 Å². The molecule has 7 heteroatoms. The average molecular weight is 287 g/mol. The van der Waals surface area contributed by atoms with E-state index in [9.17, 15) is 9.59 Å². The van der Waals surface area contributed by atoms with Gasteiger partial charge in [0, 0.05) is 12.1 Å². The number of hydrogen-bond donors (Lipinski definition) is 2. The molecule has 2 unspecified atom stereocenters. The van der Waals surface area contributed by atoms with E-state index in [-0.39, 0.29) is 18.4 Å². The summed E-state index contributed by atoms with van der Waals surface area (Å²) < 4.78 is 10.4. The summed E-state index contributed by atoms with van der Waals surface area (Å²) in [5.41, 5.74) is 5.51. The van der Waals surface area contributed by atoms with E-state index in [1.54, 1.807) is 6.92 Å². The summed E-state index contributed by atoms with van der Waals surface area (Å²) >= 11 is 0. The van der Waals surface area contributed by atoms with Crippen LogP contribution in [0.1, 0.15) is 13.8 Å². The lowest BCUT2D eigenvalue weighted by Crippen LogP contribution is -2.49. The molecule has 0 aliphatic rings. The molecule has 1 amide bonds. The SMILES string of the molecule is C=C(C)C(=O)OCC(NC(C)OCCN(C)C)C(N)=O. The number of likely N-dealkylation sites (N-methyl/N-ethyl adjacent to an activating group) is 1. The molecule has 0 rings (SSSR count). The molecular formula is C13H25N3O4. The van der Waals surface area contributed by atoms with E-state index >= 15 is 0 Å². The first-order valence-corrected chi connectivity index (χ1v) is 6.38. The van der Waals surface area contributed by atoms with Gasteiger partial charge in [0.25, 0.3) is 0 Å². The molecule has 0 aliphatic heterocycles. The van der Waals surface area contributed by atoms with Crippen LogP contribution in [0.25, 0.3) is 0 Å². The molecule has 0 heterocycles. The average Bonchev–Trinajstić information content (AvgIpc) is 2.32. The highest BCUT2D eigenvalue weighted by Crippen LogP contribution is 1.96. The first-order valence-electron chi connectivity index (χ1n) is 6.38. The molecule has 7 nitrogen and oxygen atoms in total. The zero-order valence-electron chi connectivity index (χ0n) is 12.6. The number of carbonyl (C=O) groups is 2. The minimum absolute atomic E-state index is 0.150. The molecule has 0 spiro atoms. The summed E-state index contributed by atoms with van der Waals surface area (Å²) in [6, 6.07) is -0.798. The lowest BCUT2D eigenvalue weighted by molar-refractivity contribution is -0.141.